The molecule has 1 heterocycles. The molecule has 3 nitrogen and oxygen atoms in total. The van der Waals surface area contributed by atoms with Gasteiger partial charge in [0.05, 0.1) is 6.61 Å². The molecule has 3 rings (SSSR count). The van der Waals surface area contributed by atoms with E-state index in [4.69, 9.17) is 0 Å². The largest absolute Gasteiger partial charge is 0.395 e. The summed E-state index contributed by atoms with van der Waals surface area (Å²) in [6, 6.07) is 7.15. The highest BCUT2D eigenvalue weighted by Crippen LogP contribution is 2.26. The summed E-state index contributed by atoms with van der Waals surface area (Å²) in [7, 11) is 0. The Labute approximate surface area is 109 Å². The van der Waals surface area contributed by atoms with E-state index >= 15 is 0 Å². The topological polar surface area (TPSA) is 35.5 Å². The summed E-state index contributed by atoms with van der Waals surface area (Å²) >= 11 is 0. The number of aliphatic hydroxyl groups excluding tert-OH is 1. The van der Waals surface area contributed by atoms with Crippen LogP contribution in [0.25, 0.3) is 0 Å². The first-order valence-corrected chi connectivity index (χ1v) is 7.08. The van der Waals surface area contributed by atoms with Crippen LogP contribution >= 0.6 is 0 Å². The minimum Gasteiger partial charge on any atom is -0.395 e. The van der Waals surface area contributed by atoms with Crippen molar-refractivity contribution in [1.29, 1.82) is 0 Å². The minimum atomic E-state index is 0.217. The van der Waals surface area contributed by atoms with Crippen LogP contribution in [0.5, 0.6) is 0 Å². The molecular formula is C15H22N2O. The van der Waals surface area contributed by atoms with E-state index in [1.165, 1.54) is 36.9 Å². The molecule has 1 aromatic carbocycles. The number of nitrogens with one attached hydrogen (secondary N) is 1. The number of fused-ring (bicyclic) bond motifs is 1. The number of aliphatic hydroxyl groups is 1. The maximum atomic E-state index is 9.26. The van der Waals surface area contributed by atoms with Crippen molar-refractivity contribution in [3.8, 4) is 0 Å². The molecule has 0 amide bonds. The van der Waals surface area contributed by atoms with Crippen molar-refractivity contribution >= 4 is 5.69 Å². The van der Waals surface area contributed by atoms with Gasteiger partial charge in [-0.2, -0.15) is 0 Å². The minimum absolute atomic E-state index is 0.217. The molecule has 1 aromatic rings. The van der Waals surface area contributed by atoms with Gasteiger partial charge in [0.15, 0.2) is 0 Å². The third kappa shape index (κ3) is 2.38. The number of anilines is 1. The van der Waals surface area contributed by atoms with Crippen molar-refractivity contribution < 1.29 is 5.11 Å². The van der Waals surface area contributed by atoms with Gasteiger partial charge in [0.2, 0.25) is 0 Å². The molecule has 0 aromatic heterocycles. The summed E-state index contributed by atoms with van der Waals surface area (Å²) in [5, 5.41) is 12.6. The van der Waals surface area contributed by atoms with Crippen LogP contribution in [0.4, 0.5) is 5.69 Å². The fourth-order valence-electron chi connectivity index (χ4n) is 3.10. The van der Waals surface area contributed by atoms with E-state index in [1.54, 1.807) is 5.56 Å². The number of benzene rings is 1. The normalized spacial score (nSPS) is 23.8. The molecule has 1 aliphatic carbocycles. The van der Waals surface area contributed by atoms with Crippen molar-refractivity contribution in [3.63, 3.8) is 0 Å². The van der Waals surface area contributed by atoms with E-state index in [0.29, 0.717) is 0 Å². The molecular weight excluding hydrogens is 224 g/mol. The molecule has 18 heavy (non-hydrogen) atoms. The second kappa shape index (κ2) is 5.29. The molecule has 1 aliphatic heterocycles. The summed E-state index contributed by atoms with van der Waals surface area (Å²) in [6.45, 7) is 3.13. The van der Waals surface area contributed by atoms with Crippen LogP contribution in [0.1, 0.15) is 24.0 Å². The Morgan fingerprint density at radius 2 is 2.06 bits per heavy atom. The van der Waals surface area contributed by atoms with E-state index < -0.39 is 0 Å². The van der Waals surface area contributed by atoms with Crippen molar-refractivity contribution in [2.75, 3.05) is 31.1 Å². The molecule has 0 spiro atoms. The molecule has 1 atom stereocenters. The van der Waals surface area contributed by atoms with Gasteiger partial charge in [-0.15, -0.1) is 0 Å². The van der Waals surface area contributed by atoms with Crippen molar-refractivity contribution in [1.82, 2.24) is 5.32 Å². The molecule has 3 heteroatoms. The molecule has 2 aliphatic rings. The quantitative estimate of drug-likeness (QED) is 0.826. The molecule has 0 saturated carbocycles. The number of nitrogens with zero attached hydrogens (tertiary/aromatic N) is 1. The maximum absolute atomic E-state index is 9.26. The first-order valence-electron chi connectivity index (χ1n) is 7.08. The Kier molecular flexibility index (Phi) is 3.52. The zero-order valence-corrected chi connectivity index (χ0v) is 10.9. The van der Waals surface area contributed by atoms with E-state index in [1.807, 2.05) is 0 Å². The van der Waals surface area contributed by atoms with Crippen LogP contribution in [0, 0.1) is 0 Å². The van der Waals surface area contributed by atoms with Crippen LogP contribution < -0.4 is 10.2 Å². The summed E-state index contributed by atoms with van der Waals surface area (Å²) in [4.78, 5) is 2.40. The lowest BCUT2D eigenvalue weighted by atomic mass is 9.91. The SMILES string of the molecule is OC[C@@H]1CN(c2ccc3c(c2)CCCC3)CCN1. The van der Waals surface area contributed by atoms with Gasteiger partial charge in [-0.3, -0.25) is 0 Å². The van der Waals surface area contributed by atoms with Crippen LogP contribution in [0.2, 0.25) is 0 Å². The highest BCUT2D eigenvalue weighted by molar-refractivity contribution is 5.52. The highest BCUT2D eigenvalue weighted by atomic mass is 16.3. The predicted molar refractivity (Wildman–Crippen MR) is 74.2 cm³/mol. The number of aryl methyl sites for hydroxylation is 2. The second-order valence-corrected chi connectivity index (χ2v) is 5.44. The zero-order valence-electron chi connectivity index (χ0n) is 10.9. The summed E-state index contributed by atoms with van der Waals surface area (Å²) in [5.74, 6) is 0. The third-order valence-corrected chi connectivity index (χ3v) is 4.17. The van der Waals surface area contributed by atoms with Gasteiger partial charge in [0.1, 0.15) is 0 Å². The van der Waals surface area contributed by atoms with Crippen LogP contribution in [-0.2, 0) is 12.8 Å². The van der Waals surface area contributed by atoms with E-state index in [9.17, 15) is 5.11 Å². The van der Waals surface area contributed by atoms with Crippen LogP contribution in [-0.4, -0.2) is 37.4 Å². The Morgan fingerprint density at radius 1 is 1.22 bits per heavy atom. The summed E-state index contributed by atoms with van der Waals surface area (Å²) in [5.41, 5.74) is 4.41. The Bertz CT molecular complexity index is 419. The highest BCUT2D eigenvalue weighted by Gasteiger charge is 2.19. The molecule has 0 bridgehead atoms. The number of hydrogen-bond acceptors (Lipinski definition) is 3. The Morgan fingerprint density at radius 3 is 2.89 bits per heavy atom. The lowest BCUT2D eigenvalue weighted by Crippen LogP contribution is -2.52. The molecule has 1 saturated heterocycles. The standard InChI is InChI=1S/C15H22N2O/c18-11-14-10-17(8-7-16-14)15-6-5-12-3-1-2-4-13(12)9-15/h5-6,9,14,16,18H,1-4,7-8,10-11H2/t14-/m0/s1. The van der Waals surface area contributed by atoms with E-state index in [0.717, 1.165) is 19.6 Å². The fraction of sp³-hybridized carbons (Fsp3) is 0.600. The lowest BCUT2D eigenvalue weighted by Gasteiger charge is -2.35. The average Bonchev–Trinajstić information content (AvgIpc) is 2.47. The molecule has 2 N–H and O–H groups in total. The maximum Gasteiger partial charge on any atom is 0.0601 e. The fourth-order valence-corrected chi connectivity index (χ4v) is 3.10. The summed E-state index contributed by atoms with van der Waals surface area (Å²) < 4.78 is 0. The molecule has 0 unspecified atom stereocenters. The van der Waals surface area contributed by atoms with Gasteiger partial charge >= 0.3 is 0 Å². The Hall–Kier alpha value is -1.06. The third-order valence-electron chi connectivity index (χ3n) is 4.17. The van der Waals surface area contributed by atoms with Crippen LogP contribution in [0.3, 0.4) is 0 Å². The van der Waals surface area contributed by atoms with Crippen molar-refractivity contribution in [3.05, 3.63) is 29.3 Å². The number of rotatable bonds is 2. The smallest absolute Gasteiger partial charge is 0.0601 e. The first kappa shape index (κ1) is 12.0. The zero-order chi connectivity index (χ0) is 12.4. The van der Waals surface area contributed by atoms with Crippen LogP contribution in [0.15, 0.2) is 18.2 Å². The van der Waals surface area contributed by atoms with Gasteiger partial charge in [-0.05, 0) is 48.9 Å². The monoisotopic (exact) mass is 246 g/mol. The predicted octanol–water partition coefficient (Wildman–Crippen LogP) is 1.34. The van der Waals surface area contributed by atoms with Gasteiger partial charge < -0.3 is 15.3 Å². The van der Waals surface area contributed by atoms with Crippen molar-refractivity contribution in [2.24, 2.45) is 0 Å². The molecule has 0 radical (unpaired) electrons. The van der Waals surface area contributed by atoms with Gasteiger partial charge in [-0.25, -0.2) is 0 Å². The first-order chi connectivity index (χ1) is 8.86. The molecule has 98 valence electrons. The average molecular weight is 246 g/mol. The van der Waals surface area contributed by atoms with Crippen molar-refractivity contribution in [2.45, 2.75) is 31.7 Å². The van der Waals surface area contributed by atoms with E-state index in [2.05, 4.69) is 28.4 Å². The summed E-state index contributed by atoms with van der Waals surface area (Å²) in [6.07, 6.45) is 5.15. The van der Waals surface area contributed by atoms with Gasteiger partial charge in [0, 0.05) is 31.4 Å². The second-order valence-electron chi connectivity index (χ2n) is 5.44. The lowest BCUT2D eigenvalue weighted by molar-refractivity contribution is 0.235. The number of hydrogen-bond donors (Lipinski definition) is 2. The Balaban J connectivity index is 1.79. The van der Waals surface area contributed by atoms with E-state index in [-0.39, 0.29) is 12.6 Å². The number of piperazine rings is 1. The molecule has 1 fully saturated rings. The van der Waals surface area contributed by atoms with Gasteiger partial charge in [-0.1, -0.05) is 6.07 Å². The van der Waals surface area contributed by atoms with Gasteiger partial charge in [0.25, 0.3) is 0 Å².